The Balaban J connectivity index is -0.000000125. The van der Waals surface area contributed by atoms with Crippen molar-refractivity contribution >= 4 is 34.0 Å². The second-order valence-electron chi connectivity index (χ2n) is 2.01. The standard InChI is InChI=1S/2C5H5.2BrH.Zr/c2*1-2-4-5-3-1;;;/h2*1-3H,4H2;2*1H;/q2*-1;;;+2. The van der Waals surface area contributed by atoms with Gasteiger partial charge in [0.25, 0.3) is 0 Å². The van der Waals surface area contributed by atoms with Crippen LogP contribution in [-0.4, -0.2) is 0 Å². The summed E-state index contributed by atoms with van der Waals surface area (Å²) in [6.45, 7) is 0. The fraction of sp³-hybridized carbons (Fsp3) is 0.200. The van der Waals surface area contributed by atoms with Crippen LogP contribution in [0.5, 0.6) is 0 Å². The van der Waals surface area contributed by atoms with Crippen LogP contribution in [0.2, 0.25) is 0 Å². The van der Waals surface area contributed by atoms with Crippen molar-refractivity contribution in [1.29, 1.82) is 0 Å². The van der Waals surface area contributed by atoms with Gasteiger partial charge in [-0.25, -0.2) is 24.3 Å². The van der Waals surface area contributed by atoms with Gasteiger partial charge in [-0.15, -0.1) is 46.8 Å². The van der Waals surface area contributed by atoms with Crippen LogP contribution in [0.15, 0.2) is 36.5 Å². The first-order chi connectivity index (χ1) is 5.00. The van der Waals surface area contributed by atoms with E-state index in [4.69, 9.17) is 0 Å². The van der Waals surface area contributed by atoms with Gasteiger partial charge in [-0.05, 0) is 0 Å². The average molecular weight is 383 g/mol. The molecule has 0 atom stereocenters. The number of hydrogen-bond donors (Lipinski definition) is 0. The zero-order chi connectivity index (χ0) is 7.07. The molecule has 0 unspecified atom stereocenters. The molecule has 2 aliphatic rings. The molecule has 3 heteroatoms. The second kappa shape index (κ2) is 15.3. The van der Waals surface area contributed by atoms with Crippen molar-refractivity contribution in [1.82, 2.24) is 0 Å². The largest absolute Gasteiger partial charge is 2.00 e. The van der Waals surface area contributed by atoms with Crippen LogP contribution in [0.1, 0.15) is 12.8 Å². The molecule has 0 fully saturated rings. The van der Waals surface area contributed by atoms with E-state index in [9.17, 15) is 0 Å². The third kappa shape index (κ3) is 12.8. The molecule has 0 aromatic heterocycles. The number of allylic oxidation sites excluding steroid dienone is 8. The van der Waals surface area contributed by atoms with Crippen LogP contribution >= 0.6 is 34.0 Å². The Kier molecular flexibility index (Phi) is 22.8. The minimum atomic E-state index is 0. The van der Waals surface area contributed by atoms with Crippen molar-refractivity contribution in [2.75, 3.05) is 0 Å². The minimum absolute atomic E-state index is 0. The fourth-order valence-electron chi connectivity index (χ4n) is 0.680. The summed E-state index contributed by atoms with van der Waals surface area (Å²) in [4.78, 5) is 0. The summed E-state index contributed by atoms with van der Waals surface area (Å²) in [7, 11) is 0. The Labute approximate surface area is 121 Å². The molecule has 0 amide bonds. The number of halogens is 2. The van der Waals surface area contributed by atoms with Gasteiger partial charge in [-0.3, -0.25) is 12.2 Å². The molecule has 0 aromatic carbocycles. The summed E-state index contributed by atoms with van der Waals surface area (Å²) >= 11 is 0. The summed E-state index contributed by atoms with van der Waals surface area (Å²) in [6.07, 6.45) is 20.0. The Bertz CT molecular complexity index is 151. The topological polar surface area (TPSA) is 0 Å². The molecule has 2 rings (SSSR count). The summed E-state index contributed by atoms with van der Waals surface area (Å²) in [6, 6.07) is 0. The van der Waals surface area contributed by atoms with E-state index >= 15 is 0 Å². The van der Waals surface area contributed by atoms with Gasteiger partial charge in [-0.1, -0.05) is 0 Å². The van der Waals surface area contributed by atoms with Gasteiger partial charge in [0, 0.05) is 0 Å². The molecule has 13 heavy (non-hydrogen) atoms. The molecule has 0 saturated carbocycles. The number of rotatable bonds is 0. The van der Waals surface area contributed by atoms with E-state index in [1.807, 2.05) is 24.3 Å². The van der Waals surface area contributed by atoms with E-state index in [-0.39, 0.29) is 60.2 Å². The van der Waals surface area contributed by atoms with E-state index in [2.05, 4.69) is 24.3 Å². The van der Waals surface area contributed by atoms with Crippen molar-refractivity contribution in [3.63, 3.8) is 0 Å². The molecular formula is C10H12Br2Zr. The maximum atomic E-state index is 2.99. The predicted octanol–water partition coefficient (Wildman–Crippen LogP) is 3.76. The van der Waals surface area contributed by atoms with Gasteiger partial charge < -0.3 is 0 Å². The summed E-state index contributed by atoms with van der Waals surface area (Å²) in [5.41, 5.74) is 0. The van der Waals surface area contributed by atoms with Crippen LogP contribution < -0.4 is 0 Å². The van der Waals surface area contributed by atoms with E-state index in [0.29, 0.717) is 0 Å². The fourth-order valence-corrected chi connectivity index (χ4v) is 0.680. The van der Waals surface area contributed by atoms with E-state index in [1.165, 1.54) is 0 Å². The SMILES string of the molecule is Br.Br.[C-]1=CC=CC1.[C-]1=CC=CC1.[Zr+2]. The molecule has 0 bridgehead atoms. The molecule has 0 aromatic rings. The van der Waals surface area contributed by atoms with Crippen molar-refractivity contribution in [2.24, 2.45) is 0 Å². The molecule has 0 heterocycles. The van der Waals surface area contributed by atoms with Gasteiger partial charge in [-0.2, -0.15) is 12.2 Å². The van der Waals surface area contributed by atoms with Crippen molar-refractivity contribution < 1.29 is 26.2 Å². The molecule has 0 radical (unpaired) electrons. The Morgan fingerprint density at radius 3 is 1.23 bits per heavy atom. The maximum Gasteiger partial charge on any atom is 2.00 e. The monoisotopic (exact) mass is 380 g/mol. The Morgan fingerprint density at radius 2 is 1.15 bits per heavy atom. The van der Waals surface area contributed by atoms with Crippen LogP contribution in [0.3, 0.4) is 0 Å². The van der Waals surface area contributed by atoms with Gasteiger partial charge >= 0.3 is 26.2 Å². The van der Waals surface area contributed by atoms with Crippen LogP contribution in [0, 0.1) is 12.2 Å². The first-order valence-corrected chi connectivity index (χ1v) is 3.43. The van der Waals surface area contributed by atoms with Gasteiger partial charge in [0.15, 0.2) is 0 Å². The maximum absolute atomic E-state index is 2.99. The smallest absolute Gasteiger partial charge is 0.273 e. The van der Waals surface area contributed by atoms with Gasteiger partial charge in [0.2, 0.25) is 0 Å². The molecule has 70 valence electrons. The summed E-state index contributed by atoms with van der Waals surface area (Å²) in [5.74, 6) is 0. The summed E-state index contributed by atoms with van der Waals surface area (Å²) in [5, 5.41) is 0. The van der Waals surface area contributed by atoms with E-state index < -0.39 is 0 Å². The molecule has 0 nitrogen and oxygen atoms in total. The van der Waals surface area contributed by atoms with Crippen molar-refractivity contribution in [2.45, 2.75) is 12.8 Å². The normalized spacial score (nSPS) is 13.5. The van der Waals surface area contributed by atoms with Gasteiger partial charge in [0.05, 0.1) is 0 Å². The minimum Gasteiger partial charge on any atom is -0.273 e. The Hall–Kier alpha value is 0.803. The zero-order valence-electron chi connectivity index (χ0n) is 7.19. The molecule has 0 aliphatic heterocycles. The van der Waals surface area contributed by atoms with Crippen molar-refractivity contribution in [3.8, 4) is 0 Å². The third-order valence-electron chi connectivity index (χ3n) is 1.17. The van der Waals surface area contributed by atoms with Gasteiger partial charge in [0.1, 0.15) is 0 Å². The Morgan fingerprint density at radius 1 is 0.769 bits per heavy atom. The molecule has 2 aliphatic carbocycles. The average Bonchev–Trinajstić information content (AvgIpc) is 2.67. The molecule has 0 N–H and O–H groups in total. The summed E-state index contributed by atoms with van der Waals surface area (Å²) < 4.78 is 0. The van der Waals surface area contributed by atoms with E-state index in [0.717, 1.165) is 12.8 Å². The molecular weight excluding hydrogens is 371 g/mol. The predicted molar refractivity (Wildman–Crippen MR) is 63.8 cm³/mol. The second-order valence-corrected chi connectivity index (χ2v) is 2.01. The molecule has 0 saturated heterocycles. The van der Waals surface area contributed by atoms with Crippen LogP contribution in [0.25, 0.3) is 0 Å². The van der Waals surface area contributed by atoms with Crippen molar-refractivity contribution in [3.05, 3.63) is 48.6 Å². The first kappa shape index (κ1) is 19.4. The quantitative estimate of drug-likeness (QED) is 0.559. The van der Waals surface area contributed by atoms with Crippen LogP contribution in [0.4, 0.5) is 0 Å². The first-order valence-electron chi connectivity index (χ1n) is 3.43. The number of hydrogen-bond acceptors (Lipinski definition) is 0. The zero-order valence-corrected chi connectivity index (χ0v) is 13.1. The molecule has 0 spiro atoms. The third-order valence-corrected chi connectivity index (χ3v) is 1.17. The van der Waals surface area contributed by atoms with E-state index in [1.54, 1.807) is 0 Å². The van der Waals surface area contributed by atoms with Crippen LogP contribution in [-0.2, 0) is 26.2 Å².